The number of rotatable bonds is 4. The molecule has 2 N–H and O–H groups in total. The summed E-state index contributed by atoms with van der Waals surface area (Å²) in [6, 6.07) is 4.86. The third-order valence-electron chi connectivity index (χ3n) is 3.57. The third kappa shape index (κ3) is 3.33. The number of ether oxygens (including phenoxy) is 1. The molecule has 1 aromatic rings. The van der Waals surface area contributed by atoms with Crippen molar-refractivity contribution in [2.45, 2.75) is 17.7 Å². The average molecular weight is 363 g/mol. The Kier molecular flexibility index (Phi) is 5.06. The average Bonchev–Trinajstić information content (AvgIpc) is 2.39. The van der Waals surface area contributed by atoms with Gasteiger partial charge in [-0.15, -0.1) is 0 Å². The van der Waals surface area contributed by atoms with E-state index in [9.17, 15) is 8.42 Å². The lowest BCUT2D eigenvalue weighted by Gasteiger charge is -2.31. The highest BCUT2D eigenvalue weighted by atomic mass is 79.9. The molecule has 5 nitrogen and oxygen atoms in total. The van der Waals surface area contributed by atoms with Gasteiger partial charge in [0.05, 0.1) is 5.69 Å². The first-order valence-electron chi connectivity index (χ1n) is 6.49. The highest BCUT2D eigenvalue weighted by Gasteiger charge is 2.30. The van der Waals surface area contributed by atoms with Crippen LogP contribution in [0.1, 0.15) is 12.8 Å². The smallest absolute Gasteiger partial charge is 0.245 e. The lowest BCUT2D eigenvalue weighted by atomic mass is 9.99. The molecule has 0 saturated carbocycles. The first-order chi connectivity index (χ1) is 9.45. The second-order valence-corrected chi connectivity index (χ2v) is 7.81. The highest BCUT2D eigenvalue weighted by Crippen LogP contribution is 2.28. The van der Waals surface area contributed by atoms with Crippen molar-refractivity contribution in [3.8, 4) is 0 Å². The maximum Gasteiger partial charge on any atom is 0.245 e. The molecule has 20 heavy (non-hydrogen) atoms. The highest BCUT2D eigenvalue weighted by molar-refractivity contribution is 9.10. The van der Waals surface area contributed by atoms with Crippen molar-refractivity contribution < 1.29 is 13.2 Å². The van der Waals surface area contributed by atoms with E-state index in [4.69, 9.17) is 10.5 Å². The fraction of sp³-hybridized carbons (Fsp3) is 0.538. The molecule has 0 amide bonds. The predicted octanol–water partition coefficient (Wildman–Crippen LogP) is 2.08. The second kappa shape index (κ2) is 6.43. The maximum atomic E-state index is 12.6. The summed E-state index contributed by atoms with van der Waals surface area (Å²) in [5.74, 6) is 0.439. The molecule has 0 spiro atoms. The number of hydrogen-bond acceptors (Lipinski definition) is 4. The Morgan fingerprint density at radius 2 is 2.05 bits per heavy atom. The number of benzene rings is 1. The van der Waals surface area contributed by atoms with Gasteiger partial charge in [-0.2, -0.15) is 4.31 Å². The Hall–Kier alpha value is -0.630. The van der Waals surface area contributed by atoms with Crippen LogP contribution in [0.15, 0.2) is 27.6 Å². The van der Waals surface area contributed by atoms with Crippen molar-refractivity contribution in [3.05, 3.63) is 22.7 Å². The molecule has 0 radical (unpaired) electrons. The SMILES string of the molecule is COCC1CCN(S(=O)(=O)c2ccc(Br)cc2N)CC1. The number of nitrogen functional groups attached to an aromatic ring is 1. The number of nitrogens with two attached hydrogens (primary N) is 1. The number of piperidine rings is 1. The van der Waals surface area contributed by atoms with Gasteiger partial charge < -0.3 is 10.5 Å². The van der Waals surface area contributed by atoms with Gasteiger partial charge in [-0.25, -0.2) is 8.42 Å². The predicted molar refractivity (Wildman–Crippen MR) is 81.9 cm³/mol. The molecule has 0 bridgehead atoms. The van der Waals surface area contributed by atoms with E-state index < -0.39 is 10.0 Å². The topological polar surface area (TPSA) is 72.6 Å². The van der Waals surface area contributed by atoms with E-state index in [1.807, 2.05) is 0 Å². The summed E-state index contributed by atoms with van der Waals surface area (Å²) in [5, 5.41) is 0. The molecule has 1 aromatic carbocycles. The van der Waals surface area contributed by atoms with Gasteiger partial charge in [0.15, 0.2) is 0 Å². The Labute approximate surface area is 128 Å². The summed E-state index contributed by atoms with van der Waals surface area (Å²) in [6.07, 6.45) is 1.65. The van der Waals surface area contributed by atoms with Gasteiger partial charge >= 0.3 is 0 Å². The van der Waals surface area contributed by atoms with Gasteiger partial charge in [-0.05, 0) is 37.0 Å². The van der Waals surface area contributed by atoms with Crippen molar-refractivity contribution >= 4 is 31.6 Å². The van der Waals surface area contributed by atoms with Gasteiger partial charge in [-0.1, -0.05) is 15.9 Å². The summed E-state index contributed by atoms with van der Waals surface area (Å²) in [6.45, 7) is 1.73. The lowest BCUT2D eigenvalue weighted by Crippen LogP contribution is -2.39. The van der Waals surface area contributed by atoms with Crippen molar-refractivity contribution in [1.82, 2.24) is 4.31 Å². The molecule has 0 aliphatic carbocycles. The zero-order valence-electron chi connectivity index (χ0n) is 11.4. The van der Waals surface area contributed by atoms with Crippen LogP contribution in [-0.2, 0) is 14.8 Å². The molecule has 1 heterocycles. The molecule has 1 fully saturated rings. The number of sulfonamides is 1. The van der Waals surface area contributed by atoms with Crippen LogP contribution in [0.25, 0.3) is 0 Å². The van der Waals surface area contributed by atoms with E-state index in [1.54, 1.807) is 25.3 Å². The number of anilines is 1. The van der Waals surface area contributed by atoms with E-state index in [-0.39, 0.29) is 10.6 Å². The van der Waals surface area contributed by atoms with E-state index >= 15 is 0 Å². The Bertz CT molecular complexity index is 569. The second-order valence-electron chi connectivity index (χ2n) is 4.98. The monoisotopic (exact) mass is 362 g/mol. The molecule has 0 atom stereocenters. The zero-order chi connectivity index (χ0) is 14.8. The Morgan fingerprint density at radius 3 is 2.60 bits per heavy atom. The largest absolute Gasteiger partial charge is 0.398 e. The summed E-state index contributed by atoms with van der Waals surface area (Å²) < 4.78 is 32.6. The first kappa shape index (κ1) is 15.8. The molecule has 0 aromatic heterocycles. The summed E-state index contributed by atoms with van der Waals surface area (Å²) in [4.78, 5) is 0.186. The van der Waals surface area contributed by atoms with E-state index in [2.05, 4.69) is 15.9 Å². The molecular formula is C13H19BrN2O3S. The fourth-order valence-corrected chi connectivity index (χ4v) is 4.39. The molecule has 112 valence electrons. The molecule has 7 heteroatoms. The quantitative estimate of drug-likeness (QED) is 0.832. The van der Waals surface area contributed by atoms with Crippen molar-refractivity contribution in [1.29, 1.82) is 0 Å². The minimum Gasteiger partial charge on any atom is -0.398 e. The number of halogens is 1. The summed E-state index contributed by atoms with van der Waals surface area (Å²) in [7, 11) is -1.83. The van der Waals surface area contributed by atoms with Crippen molar-refractivity contribution in [2.24, 2.45) is 5.92 Å². The van der Waals surface area contributed by atoms with Gasteiger partial charge in [0.2, 0.25) is 10.0 Å². The molecule has 1 saturated heterocycles. The lowest BCUT2D eigenvalue weighted by molar-refractivity contribution is 0.121. The summed E-state index contributed by atoms with van der Waals surface area (Å²) >= 11 is 3.28. The Morgan fingerprint density at radius 1 is 1.40 bits per heavy atom. The zero-order valence-corrected chi connectivity index (χ0v) is 13.8. The maximum absolute atomic E-state index is 12.6. The number of methoxy groups -OCH3 is 1. The van der Waals surface area contributed by atoms with Crippen LogP contribution in [0, 0.1) is 5.92 Å². The minimum atomic E-state index is -3.50. The summed E-state index contributed by atoms with van der Waals surface area (Å²) in [5.41, 5.74) is 6.11. The van der Waals surface area contributed by atoms with Crippen LogP contribution in [0.4, 0.5) is 5.69 Å². The Balaban J connectivity index is 2.15. The minimum absolute atomic E-state index is 0.186. The third-order valence-corrected chi connectivity index (χ3v) is 6.03. The first-order valence-corrected chi connectivity index (χ1v) is 8.72. The van der Waals surface area contributed by atoms with Crippen LogP contribution in [-0.4, -0.2) is 39.5 Å². The van der Waals surface area contributed by atoms with E-state index in [0.29, 0.717) is 25.6 Å². The molecule has 0 unspecified atom stereocenters. The fourth-order valence-electron chi connectivity index (χ4n) is 2.45. The number of hydrogen-bond donors (Lipinski definition) is 1. The van der Waals surface area contributed by atoms with Gasteiger partial charge in [-0.3, -0.25) is 0 Å². The molecule has 1 aliphatic heterocycles. The van der Waals surface area contributed by atoms with Crippen LogP contribution in [0.5, 0.6) is 0 Å². The van der Waals surface area contributed by atoms with Gasteiger partial charge in [0.1, 0.15) is 4.90 Å². The van der Waals surface area contributed by atoms with Gasteiger partial charge in [0, 0.05) is 31.3 Å². The van der Waals surface area contributed by atoms with Crippen molar-refractivity contribution in [2.75, 3.05) is 32.5 Å². The van der Waals surface area contributed by atoms with Gasteiger partial charge in [0.25, 0.3) is 0 Å². The molecule has 2 rings (SSSR count). The van der Waals surface area contributed by atoms with Crippen LogP contribution in [0.2, 0.25) is 0 Å². The van der Waals surface area contributed by atoms with Crippen LogP contribution in [0.3, 0.4) is 0 Å². The molecular weight excluding hydrogens is 344 g/mol. The normalized spacial score (nSPS) is 18.3. The van der Waals surface area contributed by atoms with E-state index in [0.717, 1.165) is 17.3 Å². The van der Waals surface area contributed by atoms with Crippen LogP contribution >= 0.6 is 15.9 Å². The standard InChI is InChI=1S/C13H19BrN2O3S/c1-19-9-10-4-6-16(7-5-10)20(17,18)13-3-2-11(14)8-12(13)15/h2-3,8,10H,4-7,9,15H2,1H3. The van der Waals surface area contributed by atoms with E-state index in [1.165, 1.54) is 4.31 Å². The van der Waals surface area contributed by atoms with Crippen molar-refractivity contribution in [3.63, 3.8) is 0 Å². The van der Waals surface area contributed by atoms with Crippen LogP contribution < -0.4 is 5.73 Å². The molecule has 1 aliphatic rings. The number of nitrogens with zero attached hydrogens (tertiary/aromatic N) is 1.